The van der Waals surface area contributed by atoms with E-state index in [-0.39, 0.29) is 58.5 Å². The highest BCUT2D eigenvalue weighted by Crippen LogP contribution is 2.18. The van der Waals surface area contributed by atoms with Crippen LogP contribution in [0.5, 0.6) is 0 Å². The van der Waals surface area contributed by atoms with Crippen LogP contribution in [0.15, 0.2) is 0 Å². The van der Waals surface area contributed by atoms with Gasteiger partial charge < -0.3 is 46.8 Å². The van der Waals surface area contributed by atoms with Gasteiger partial charge in [-0.15, -0.1) is 0 Å². The van der Waals surface area contributed by atoms with Gasteiger partial charge in [0.25, 0.3) is 0 Å². The molecule has 1 fully saturated rings. The SMILES string of the molecule is O=C(NCCO)C(=O)NCCN(CCNC(=O)C(=O)NCCO)C(=O)C(=O)NC1CCC(O)CC1. The Hall–Kier alpha value is -3.30. The predicted molar refractivity (Wildman–Crippen MR) is 119 cm³/mol. The van der Waals surface area contributed by atoms with E-state index in [4.69, 9.17) is 10.2 Å². The highest BCUT2D eigenvalue weighted by atomic mass is 16.3. The van der Waals surface area contributed by atoms with E-state index in [0.29, 0.717) is 25.7 Å². The minimum Gasteiger partial charge on any atom is -0.395 e. The summed E-state index contributed by atoms with van der Waals surface area (Å²) in [4.78, 5) is 72.8. The molecule has 0 unspecified atom stereocenters. The van der Waals surface area contributed by atoms with Crippen molar-refractivity contribution >= 4 is 35.4 Å². The molecule has 0 aromatic rings. The first-order valence-corrected chi connectivity index (χ1v) is 11.3. The van der Waals surface area contributed by atoms with Gasteiger partial charge in [0.15, 0.2) is 0 Å². The number of nitrogens with one attached hydrogen (secondary N) is 5. The molecule has 0 saturated heterocycles. The number of aliphatic hydroxyl groups excluding tert-OH is 3. The van der Waals surface area contributed by atoms with Crippen LogP contribution >= 0.6 is 0 Å². The van der Waals surface area contributed by atoms with Crippen molar-refractivity contribution in [2.75, 3.05) is 52.5 Å². The number of nitrogens with zero attached hydrogens (tertiary/aromatic N) is 1. The summed E-state index contributed by atoms with van der Waals surface area (Å²) in [6, 6.07) is -0.276. The van der Waals surface area contributed by atoms with Crippen LogP contribution in [0, 0.1) is 0 Å². The van der Waals surface area contributed by atoms with Gasteiger partial charge in [0, 0.05) is 45.3 Å². The van der Waals surface area contributed by atoms with Crippen molar-refractivity contribution < 1.29 is 44.1 Å². The van der Waals surface area contributed by atoms with Gasteiger partial charge in [-0.3, -0.25) is 28.8 Å². The zero-order chi connectivity index (χ0) is 26.2. The number of carbonyl (C=O) groups is 6. The lowest BCUT2D eigenvalue weighted by Gasteiger charge is -2.27. The molecule has 0 aromatic carbocycles. The Balaban J connectivity index is 2.65. The molecule has 35 heavy (non-hydrogen) atoms. The summed E-state index contributed by atoms with van der Waals surface area (Å²) in [6.07, 6.45) is 1.58. The van der Waals surface area contributed by atoms with Crippen LogP contribution < -0.4 is 26.6 Å². The average molecular weight is 503 g/mol. The van der Waals surface area contributed by atoms with Crippen molar-refractivity contribution in [2.45, 2.75) is 37.8 Å². The Bertz CT molecular complexity index is 717. The third-order valence-corrected chi connectivity index (χ3v) is 5.06. The summed E-state index contributed by atoms with van der Waals surface area (Å²) in [5.41, 5.74) is 0. The van der Waals surface area contributed by atoms with Crippen molar-refractivity contribution in [3.63, 3.8) is 0 Å². The van der Waals surface area contributed by atoms with Gasteiger partial charge in [0.2, 0.25) is 0 Å². The summed E-state index contributed by atoms with van der Waals surface area (Å²) in [5.74, 6) is -5.78. The molecule has 0 atom stereocenters. The Morgan fingerprint density at radius 1 is 0.629 bits per heavy atom. The van der Waals surface area contributed by atoms with Crippen molar-refractivity contribution in [2.24, 2.45) is 0 Å². The first kappa shape index (κ1) is 29.7. The number of hydrogen-bond acceptors (Lipinski definition) is 9. The fraction of sp³-hybridized carbons (Fsp3) is 0.700. The van der Waals surface area contributed by atoms with E-state index in [1.807, 2.05) is 0 Å². The third-order valence-electron chi connectivity index (χ3n) is 5.06. The summed E-state index contributed by atoms with van der Waals surface area (Å²) >= 11 is 0. The van der Waals surface area contributed by atoms with E-state index in [1.54, 1.807) is 0 Å². The Morgan fingerprint density at radius 3 is 1.43 bits per heavy atom. The number of carbonyl (C=O) groups excluding carboxylic acids is 6. The maximum Gasteiger partial charge on any atom is 0.312 e. The lowest BCUT2D eigenvalue weighted by atomic mass is 9.93. The molecule has 1 aliphatic carbocycles. The summed E-state index contributed by atoms with van der Waals surface area (Å²) < 4.78 is 0. The van der Waals surface area contributed by atoms with E-state index in [2.05, 4.69) is 26.6 Å². The normalized spacial score (nSPS) is 17.0. The van der Waals surface area contributed by atoms with E-state index >= 15 is 0 Å². The fourth-order valence-electron chi connectivity index (χ4n) is 3.19. The number of rotatable bonds is 11. The van der Waals surface area contributed by atoms with E-state index in [9.17, 15) is 33.9 Å². The second-order valence-electron chi connectivity index (χ2n) is 7.74. The van der Waals surface area contributed by atoms with Crippen LogP contribution in [0.1, 0.15) is 25.7 Å². The van der Waals surface area contributed by atoms with Gasteiger partial charge in [0.1, 0.15) is 0 Å². The topological polar surface area (TPSA) is 226 Å². The number of hydrogen-bond donors (Lipinski definition) is 8. The number of aliphatic hydroxyl groups is 3. The standard InChI is InChI=1S/C20H34N6O9/c27-11-7-23-17(32)15(30)21-5-9-26(10-6-22-16(31)18(33)24-8-12-28)20(35)19(34)25-13-1-3-14(29)4-2-13/h13-14,27-29H,1-12H2,(H,21,30)(H,22,31)(H,23,32)(H,24,33)(H,25,34). The monoisotopic (exact) mass is 502 g/mol. The maximum absolute atomic E-state index is 12.7. The molecule has 0 aromatic heterocycles. The molecule has 8 N–H and O–H groups in total. The van der Waals surface area contributed by atoms with Crippen molar-refractivity contribution in [3.05, 3.63) is 0 Å². The van der Waals surface area contributed by atoms with Gasteiger partial charge in [-0.05, 0) is 25.7 Å². The number of amides is 6. The molecular formula is C20H34N6O9. The summed E-state index contributed by atoms with van der Waals surface area (Å²) in [5, 5.41) is 38.4. The summed E-state index contributed by atoms with van der Waals surface area (Å²) in [6.45, 7) is -1.65. The second kappa shape index (κ2) is 16.3. The van der Waals surface area contributed by atoms with Crippen LogP contribution in [0.4, 0.5) is 0 Å². The smallest absolute Gasteiger partial charge is 0.312 e. The first-order chi connectivity index (χ1) is 16.7. The van der Waals surface area contributed by atoms with Gasteiger partial charge in [0.05, 0.1) is 19.3 Å². The molecule has 1 rings (SSSR count). The van der Waals surface area contributed by atoms with Crippen LogP contribution in [-0.2, 0) is 28.8 Å². The van der Waals surface area contributed by atoms with E-state index in [1.165, 1.54) is 0 Å². The zero-order valence-electron chi connectivity index (χ0n) is 19.4. The van der Waals surface area contributed by atoms with Crippen molar-refractivity contribution in [1.82, 2.24) is 31.5 Å². The van der Waals surface area contributed by atoms with Crippen LogP contribution in [0.3, 0.4) is 0 Å². The summed E-state index contributed by atoms with van der Waals surface area (Å²) in [7, 11) is 0. The average Bonchev–Trinajstić information content (AvgIpc) is 2.85. The molecule has 0 bridgehead atoms. The molecule has 0 radical (unpaired) electrons. The Kier molecular flexibility index (Phi) is 13.9. The quantitative estimate of drug-likeness (QED) is 0.126. The highest BCUT2D eigenvalue weighted by Gasteiger charge is 2.27. The van der Waals surface area contributed by atoms with E-state index in [0.717, 1.165) is 4.90 Å². The first-order valence-electron chi connectivity index (χ1n) is 11.3. The van der Waals surface area contributed by atoms with Gasteiger partial charge in [-0.2, -0.15) is 0 Å². The van der Waals surface area contributed by atoms with E-state index < -0.39 is 41.5 Å². The molecule has 198 valence electrons. The fourth-order valence-corrected chi connectivity index (χ4v) is 3.19. The minimum atomic E-state index is -0.995. The van der Waals surface area contributed by atoms with Crippen LogP contribution in [0.25, 0.3) is 0 Å². The van der Waals surface area contributed by atoms with Crippen molar-refractivity contribution in [3.8, 4) is 0 Å². The zero-order valence-corrected chi connectivity index (χ0v) is 19.4. The van der Waals surface area contributed by atoms with Crippen LogP contribution in [0.2, 0.25) is 0 Å². The maximum atomic E-state index is 12.7. The molecule has 1 saturated carbocycles. The molecule has 15 heteroatoms. The van der Waals surface area contributed by atoms with Gasteiger partial charge in [-0.25, -0.2) is 0 Å². The lowest BCUT2D eigenvalue weighted by Crippen LogP contribution is -2.52. The second-order valence-corrected chi connectivity index (χ2v) is 7.74. The molecule has 6 amide bonds. The molecule has 0 heterocycles. The molecule has 15 nitrogen and oxygen atoms in total. The lowest BCUT2D eigenvalue weighted by molar-refractivity contribution is -0.146. The van der Waals surface area contributed by atoms with Gasteiger partial charge >= 0.3 is 35.4 Å². The molecule has 1 aliphatic rings. The Morgan fingerprint density at radius 2 is 1.03 bits per heavy atom. The molecule has 0 aliphatic heterocycles. The predicted octanol–water partition coefficient (Wildman–Crippen LogP) is -5.32. The highest BCUT2D eigenvalue weighted by molar-refractivity contribution is 6.36. The Labute approximate surface area is 202 Å². The van der Waals surface area contributed by atoms with Crippen molar-refractivity contribution in [1.29, 1.82) is 0 Å². The largest absolute Gasteiger partial charge is 0.395 e. The van der Waals surface area contributed by atoms with Gasteiger partial charge in [-0.1, -0.05) is 0 Å². The minimum absolute atomic E-state index is 0.110. The molecular weight excluding hydrogens is 468 g/mol. The molecule has 0 spiro atoms. The van der Waals surface area contributed by atoms with Crippen LogP contribution in [-0.4, -0.2) is 120 Å². The third kappa shape index (κ3) is 11.6.